The van der Waals surface area contributed by atoms with Crippen molar-refractivity contribution < 1.29 is 14.7 Å². The number of thiocarbonyl (C=S) groups is 1. The fraction of sp³-hybridized carbons (Fsp3) is 0.350. The third kappa shape index (κ3) is 3.66. The number of thioether (sulfide) groups is 1. The number of carbonyl (C=O) groups is 2. The van der Waals surface area contributed by atoms with Crippen LogP contribution >= 0.6 is 24.0 Å². The van der Waals surface area contributed by atoms with E-state index in [0.717, 1.165) is 11.4 Å². The molecule has 2 aliphatic heterocycles. The van der Waals surface area contributed by atoms with Crippen molar-refractivity contribution in [1.82, 2.24) is 4.90 Å². The predicted octanol–water partition coefficient (Wildman–Crippen LogP) is 2.57. The highest BCUT2D eigenvalue weighted by atomic mass is 32.2. The Hall–Kier alpha value is -2.12. The number of rotatable bonds is 5. The highest BCUT2D eigenvalue weighted by Crippen LogP contribution is 2.46. The van der Waals surface area contributed by atoms with Crippen LogP contribution in [0, 0.1) is 0 Å². The summed E-state index contributed by atoms with van der Waals surface area (Å²) < 4.78 is 0.463. The number of benzene rings is 1. The second-order valence-corrected chi connectivity index (χ2v) is 8.76. The largest absolute Gasteiger partial charge is 0.550 e. The molecule has 7 heteroatoms. The average Bonchev–Trinajstić information content (AvgIpc) is 2.98. The van der Waals surface area contributed by atoms with Gasteiger partial charge in [-0.1, -0.05) is 56.0 Å². The summed E-state index contributed by atoms with van der Waals surface area (Å²) in [5.41, 5.74) is 3.36. The Morgan fingerprint density at radius 3 is 2.67 bits per heavy atom. The molecular formula is C20H21N2O3S2-. The minimum absolute atomic E-state index is 0.0859. The van der Waals surface area contributed by atoms with Gasteiger partial charge in [0.2, 0.25) is 0 Å². The SMILES string of the molecule is CN1/C(=C\C=C2\SC(=S)N(CCCC(=O)[O-])C2=O)C(C)(C)c2ccccc21. The number of carbonyl (C=O) groups excluding carboxylic acids is 2. The van der Waals surface area contributed by atoms with Gasteiger partial charge in [0.25, 0.3) is 5.91 Å². The van der Waals surface area contributed by atoms with Gasteiger partial charge in [0.1, 0.15) is 4.32 Å². The van der Waals surface area contributed by atoms with Gasteiger partial charge in [-0.15, -0.1) is 0 Å². The molecule has 0 radical (unpaired) electrons. The molecule has 1 amide bonds. The molecule has 27 heavy (non-hydrogen) atoms. The molecular weight excluding hydrogens is 380 g/mol. The number of likely N-dealkylation sites (N-methyl/N-ethyl adjacent to an activating group) is 1. The number of para-hydroxylation sites is 1. The molecule has 0 unspecified atom stereocenters. The quantitative estimate of drug-likeness (QED) is 0.558. The molecule has 1 aromatic carbocycles. The summed E-state index contributed by atoms with van der Waals surface area (Å²) in [5, 5.41) is 10.6. The smallest absolute Gasteiger partial charge is 0.266 e. The molecule has 0 aliphatic carbocycles. The van der Waals surface area contributed by atoms with Crippen LogP contribution < -0.4 is 10.0 Å². The van der Waals surface area contributed by atoms with Gasteiger partial charge in [0, 0.05) is 36.4 Å². The van der Waals surface area contributed by atoms with E-state index < -0.39 is 5.97 Å². The van der Waals surface area contributed by atoms with Crippen LogP contribution in [0.5, 0.6) is 0 Å². The monoisotopic (exact) mass is 401 g/mol. The number of aliphatic carboxylic acids is 1. The highest BCUT2D eigenvalue weighted by Gasteiger charge is 2.38. The maximum Gasteiger partial charge on any atom is 0.266 e. The van der Waals surface area contributed by atoms with Gasteiger partial charge in [-0.05, 0) is 36.6 Å². The van der Waals surface area contributed by atoms with Crippen molar-refractivity contribution >= 4 is 45.9 Å². The summed E-state index contributed by atoms with van der Waals surface area (Å²) in [6.45, 7) is 4.63. The highest BCUT2D eigenvalue weighted by molar-refractivity contribution is 8.26. The molecule has 142 valence electrons. The zero-order chi connectivity index (χ0) is 19.8. The van der Waals surface area contributed by atoms with Crippen molar-refractivity contribution in [2.75, 3.05) is 18.5 Å². The number of anilines is 1. The maximum atomic E-state index is 12.6. The summed E-state index contributed by atoms with van der Waals surface area (Å²) >= 11 is 6.53. The minimum atomic E-state index is -1.12. The van der Waals surface area contributed by atoms with Crippen LogP contribution in [0.25, 0.3) is 0 Å². The van der Waals surface area contributed by atoms with Gasteiger partial charge in [-0.3, -0.25) is 9.69 Å². The lowest BCUT2D eigenvalue weighted by atomic mass is 9.84. The Labute approximate surface area is 168 Å². The summed E-state index contributed by atoms with van der Waals surface area (Å²) in [5.74, 6) is -1.29. The summed E-state index contributed by atoms with van der Waals surface area (Å²) in [4.78, 5) is 27.3. The minimum Gasteiger partial charge on any atom is -0.550 e. The normalized spacial score (nSPS) is 21.4. The van der Waals surface area contributed by atoms with Crippen molar-refractivity contribution in [1.29, 1.82) is 0 Å². The number of carboxylic acids is 1. The van der Waals surface area contributed by atoms with Crippen LogP contribution in [0.1, 0.15) is 32.3 Å². The van der Waals surface area contributed by atoms with E-state index in [1.807, 2.05) is 31.3 Å². The number of fused-ring (bicyclic) bond motifs is 1. The van der Waals surface area contributed by atoms with Crippen LogP contribution in [-0.4, -0.2) is 34.7 Å². The molecule has 5 nitrogen and oxygen atoms in total. The van der Waals surface area contributed by atoms with Gasteiger partial charge < -0.3 is 14.8 Å². The lowest BCUT2D eigenvalue weighted by Crippen LogP contribution is -2.30. The van der Waals surface area contributed by atoms with Gasteiger partial charge >= 0.3 is 0 Å². The second kappa shape index (κ2) is 7.48. The van der Waals surface area contributed by atoms with Crippen LogP contribution in [0.4, 0.5) is 5.69 Å². The number of nitrogens with zero attached hydrogens (tertiary/aromatic N) is 2. The van der Waals surface area contributed by atoms with E-state index in [9.17, 15) is 14.7 Å². The Morgan fingerprint density at radius 1 is 1.30 bits per heavy atom. The Kier molecular flexibility index (Phi) is 5.44. The van der Waals surface area contributed by atoms with Gasteiger partial charge in [0.15, 0.2) is 0 Å². The number of carboxylic acid groups (broad SMARTS) is 1. The molecule has 1 fully saturated rings. The Balaban J connectivity index is 1.81. The summed E-state index contributed by atoms with van der Waals surface area (Å²) in [7, 11) is 2.03. The van der Waals surface area contributed by atoms with Crippen molar-refractivity contribution in [3.63, 3.8) is 0 Å². The molecule has 1 saturated heterocycles. The third-order valence-corrected chi connectivity index (χ3v) is 6.37. The molecule has 3 rings (SSSR count). The fourth-order valence-corrected chi connectivity index (χ4v) is 4.79. The standard InChI is InChI=1S/C20H22N2O3S2/c1-20(2)13-7-4-5-8-14(13)21(3)16(20)11-10-15-18(25)22(19(26)27-15)12-6-9-17(23)24/h4-5,7-8,10-11H,6,9,12H2,1-3H3,(H,23,24)/p-1/b15-10+,16-11-. The van der Waals surface area contributed by atoms with Gasteiger partial charge in [0.05, 0.1) is 4.91 Å². The molecule has 2 heterocycles. The van der Waals surface area contributed by atoms with Crippen LogP contribution in [-0.2, 0) is 15.0 Å². The molecule has 0 bridgehead atoms. The second-order valence-electron chi connectivity index (χ2n) is 7.08. The lowest BCUT2D eigenvalue weighted by Gasteiger charge is -2.23. The topological polar surface area (TPSA) is 63.7 Å². The molecule has 1 aromatic rings. The number of hydrogen-bond donors (Lipinski definition) is 0. The van der Waals surface area contributed by atoms with E-state index in [1.165, 1.54) is 22.2 Å². The Morgan fingerprint density at radius 2 is 2.00 bits per heavy atom. The number of amides is 1. The van der Waals surface area contributed by atoms with E-state index in [4.69, 9.17) is 12.2 Å². The van der Waals surface area contributed by atoms with E-state index in [2.05, 4.69) is 30.9 Å². The third-order valence-electron chi connectivity index (χ3n) is 4.97. The van der Waals surface area contributed by atoms with Crippen LogP contribution in [0.15, 0.2) is 47.0 Å². The van der Waals surface area contributed by atoms with E-state index >= 15 is 0 Å². The first-order valence-corrected chi connectivity index (χ1v) is 9.95. The molecule has 0 saturated carbocycles. The zero-order valence-corrected chi connectivity index (χ0v) is 17.2. The van der Waals surface area contributed by atoms with Crippen molar-refractivity contribution in [3.8, 4) is 0 Å². The average molecular weight is 402 g/mol. The first-order chi connectivity index (χ1) is 12.7. The number of hydrogen-bond acceptors (Lipinski definition) is 6. The predicted molar refractivity (Wildman–Crippen MR) is 110 cm³/mol. The van der Waals surface area contributed by atoms with E-state index in [1.54, 1.807) is 0 Å². The first kappa shape index (κ1) is 19.6. The molecule has 0 spiro atoms. The van der Waals surface area contributed by atoms with E-state index in [-0.39, 0.29) is 17.7 Å². The fourth-order valence-electron chi connectivity index (χ4n) is 3.54. The van der Waals surface area contributed by atoms with E-state index in [0.29, 0.717) is 22.2 Å². The molecule has 0 aromatic heterocycles. The molecule has 0 atom stereocenters. The zero-order valence-electron chi connectivity index (χ0n) is 15.5. The van der Waals surface area contributed by atoms with Crippen molar-refractivity contribution in [2.45, 2.75) is 32.1 Å². The van der Waals surface area contributed by atoms with Gasteiger partial charge in [-0.25, -0.2) is 0 Å². The summed E-state index contributed by atoms with van der Waals surface area (Å²) in [6.07, 6.45) is 4.04. The molecule has 2 aliphatic rings. The van der Waals surface area contributed by atoms with Crippen LogP contribution in [0.3, 0.4) is 0 Å². The number of allylic oxidation sites excluding steroid dienone is 3. The van der Waals surface area contributed by atoms with Crippen molar-refractivity contribution in [3.05, 3.63) is 52.6 Å². The lowest BCUT2D eigenvalue weighted by molar-refractivity contribution is -0.305. The maximum absolute atomic E-state index is 12.6. The molecule has 0 N–H and O–H groups in total. The Bertz CT molecular complexity index is 874. The summed E-state index contributed by atoms with van der Waals surface area (Å²) in [6, 6.07) is 8.28. The van der Waals surface area contributed by atoms with Gasteiger partial charge in [-0.2, -0.15) is 0 Å². The van der Waals surface area contributed by atoms with Crippen LogP contribution in [0.2, 0.25) is 0 Å². The first-order valence-electron chi connectivity index (χ1n) is 8.72. The van der Waals surface area contributed by atoms with Crippen molar-refractivity contribution in [2.24, 2.45) is 0 Å².